The summed E-state index contributed by atoms with van der Waals surface area (Å²) in [5.74, 6) is 0. The van der Waals surface area contributed by atoms with Crippen molar-refractivity contribution in [2.75, 3.05) is 6.61 Å². The van der Waals surface area contributed by atoms with Gasteiger partial charge in [-0.1, -0.05) is 24.3 Å². The molecule has 2 N–H and O–H groups in total. The molecule has 1 heterocycles. The Bertz CT molecular complexity index is 311. The quantitative estimate of drug-likeness (QED) is 0.738. The van der Waals surface area contributed by atoms with Gasteiger partial charge in [0.25, 0.3) is 0 Å². The van der Waals surface area contributed by atoms with Gasteiger partial charge in [-0.3, -0.25) is 0 Å². The van der Waals surface area contributed by atoms with Gasteiger partial charge in [0.05, 0.1) is 6.10 Å². The van der Waals surface area contributed by atoms with Crippen LogP contribution in [0.2, 0.25) is 0 Å². The van der Waals surface area contributed by atoms with Gasteiger partial charge in [-0.05, 0) is 30.9 Å². The van der Waals surface area contributed by atoms with Gasteiger partial charge in [-0.2, -0.15) is 0 Å². The number of hydrogen-bond acceptors (Lipinski definition) is 2. The zero-order valence-electron chi connectivity index (χ0n) is 8.57. The van der Waals surface area contributed by atoms with E-state index in [1.165, 1.54) is 11.1 Å². The fraction of sp³-hybridized carbons (Fsp3) is 0.500. The van der Waals surface area contributed by atoms with Crippen LogP contribution in [-0.2, 0) is 4.74 Å². The summed E-state index contributed by atoms with van der Waals surface area (Å²) in [5.41, 5.74) is 8.58. The van der Waals surface area contributed by atoms with E-state index in [2.05, 4.69) is 19.1 Å². The molecule has 1 aromatic rings. The molecule has 0 saturated carbocycles. The first-order valence-electron chi connectivity index (χ1n) is 5.22. The molecule has 2 heteroatoms. The molecule has 1 aromatic carbocycles. The third-order valence-corrected chi connectivity index (χ3v) is 2.86. The Morgan fingerprint density at radius 1 is 1.36 bits per heavy atom. The van der Waals surface area contributed by atoms with E-state index in [0.29, 0.717) is 0 Å². The Morgan fingerprint density at radius 2 is 2.14 bits per heavy atom. The van der Waals surface area contributed by atoms with E-state index in [9.17, 15) is 0 Å². The Morgan fingerprint density at radius 3 is 2.86 bits per heavy atom. The summed E-state index contributed by atoms with van der Waals surface area (Å²) in [4.78, 5) is 0. The van der Waals surface area contributed by atoms with Crippen LogP contribution in [0.25, 0.3) is 0 Å². The summed E-state index contributed by atoms with van der Waals surface area (Å²) in [7, 11) is 0. The summed E-state index contributed by atoms with van der Waals surface area (Å²) in [5, 5.41) is 0. The molecule has 0 radical (unpaired) electrons. The second-order valence-corrected chi connectivity index (χ2v) is 3.95. The summed E-state index contributed by atoms with van der Waals surface area (Å²) >= 11 is 0. The predicted molar refractivity (Wildman–Crippen MR) is 57.1 cm³/mol. The Kier molecular flexibility index (Phi) is 2.85. The van der Waals surface area contributed by atoms with Crippen molar-refractivity contribution < 1.29 is 4.74 Å². The highest BCUT2D eigenvalue weighted by Gasteiger charge is 2.24. The Labute approximate surface area is 85.1 Å². The number of aryl methyl sites for hydroxylation is 1. The second kappa shape index (κ2) is 4.11. The second-order valence-electron chi connectivity index (χ2n) is 3.95. The smallest absolute Gasteiger partial charge is 0.0978 e. The van der Waals surface area contributed by atoms with Crippen LogP contribution in [0, 0.1) is 6.92 Å². The summed E-state index contributed by atoms with van der Waals surface area (Å²) in [6, 6.07) is 8.48. The monoisotopic (exact) mass is 191 g/mol. The molecule has 0 bridgehead atoms. The van der Waals surface area contributed by atoms with Crippen molar-refractivity contribution in [3.05, 3.63) is 35.4 Å². The number of rotatable bonds is 1. The minimum atomic E-state index is 0.102. The molecule has 0 aliphatic carbocycles. The molecule has 1 fully saturated rings. The van der Waals surface area contributed by atoms with Crippen LogP contribution in [0.5, 0.6) is 0 Å². The molecule has 0 amide bonds. The van der Waals surface area contributed by atoms with Crippen molar-refractivity contribution in [1.29, 1.82) is 0 Å². The number of nitrogens with two attached hydrogens (primary N) is 1. The lowest BCUT2D eigenvalue weighted by Crippen LogP contribution is -2.34. The van der Waals surface area contributed by atoms with E-state index in [-0.39, 0.29) is 12.1 Å². The fourth-order valence-electron chi connectivity index (χ4n) is 2.03. The standard InChI is InChI=1S/C12H17NO/c1-9-5-2-3-6-10(9)12-11(13)7-4-8-14-12/h2-3,5-6,11-12H,4,7-8,13H2,1H3. The average molecular weight is 191 g/mol. The maximum atomic E-state index is 6.05. The molecule has 2 unspecified atom stereocenters. The highest BCUT2D eigenvalue weighted by Crippen LogP contribution is 2.28. The van der Waals surface area contributed by atoms with Crippen LogP contribution >= 0.6 is 0 Å². The minimum absolute atomic E-state index is 0.102. The summed E-state index contributed by atoms with van der Waals surface area (Å²) in [6.45, 7) is 2.95. The molecule has 1 aliphatic heterocycles. The molecule has 76 valence electrons. The highest BCUT2D eigenvalue weighted by molar-refractivity contribution is 5.29. The van der Waals surface area contributed by atoms with E-state index in [1.807, 2.05) is 12.1 Å². The first kappa shape index (κ1) is 9.69. The molecule has 1 saturated heterocycles. The van der Waals surface area contributed by atoms with E-state index < -0.39 is 0 Å². The maximum Gasteiger partial charge on any atom is 0.0978 e. The van der Waals surface area contributed by atoms with Gasteiger partial charge in [-0.15, -0.1) is 0 Å². The Balaban J connectivity index is 2.25. The zero-order chi connectivity index (χ0) is 9.97. The number of ether oxygens (including phenoxy) is 1. The third kappa shape index (κ3) is 1.81. The molecule has 0 spiro atoms. The minimum Gasteiger partial charge on any atom is -0.372 e. The largest absolute Gasteiger partial charge is 0.372 e. The fourth-order valence-corrected chi connectivity index (χ4v) is 2.03. The summed E-state index contributed by atoms with van der Waals surface area (Å²) < 4.78 is 5.73. The highest BCUT2D eigenvalue weighted by atomic mass is 16.5. The first-order chi connectivity index (χ1) is 6.79. The molecular formula is C12H17NO. The number of hydrogen-bond donors (Lipinski definition) is 1. The van der Waals surface area contributed by atoms with Crippen molar-refractivity contribution in [1.82, 2.24) is 0 Å². The van der Waals surface area contributed by atoms with Crippen LogP contribution in [0.1, 0.15) is 30.1 Å². The van der Waals surface area contributed by atoms with Crippen LogP contribution in [0.4, 0.5) is 0 Å². The SMILES string of the molecule is Cc1ccccc1C1OCCCC1N. The van der Waals surface area contributed by atoms with Crippen molar-refractivity contribution in [2.45, 2.75) is 31.9 Å². The lowest BCUT2D eigenvalue weighted by molar-refractivity contribution is -0.000212. The van der Waals surface area contributed by atoms with E-state index in [4.69, 9.17) is 10.5 Å². The van der Waals surface area contributed by atoms with Gasteiger partial charge in [-0.25, -0.2) is 0 Å². The van der Waals surface area contributed by atoms with Gasteiger partial charge >= 0.3 is 0 Å². The van der Waals surface area contributed by atoms with E-state index in [0.717, 1.165) is 19.4 Å². The molecular weight excluding hydrogens is 174 g/mol. The van der Waals surface area contributed by atoms with Gasteiger partial charge < -0.3 is 10.5 Å². The molecule has 1 aliphatic rings. The average Bonchev–Trinajstić information content (AvgIpc) is 2.20. The molecule has 0 aromatic heterocycles. The van der Waals surface area contributed by atoms with Gasteiger partial charge in [0.1, 0.15) is 0 Å². The molecule has 2 rings (SSSR count). The van der Waals surface area contributed by atoms with Crippen molar-refractivity contribution in [2.24, 2.45) is 5.73 Å². The zero-order valence-corrected chi connectivity index (χ0v) is 8.57. The lowest BCUT2D eigenvalue weighted by Gasteiger charge is -2.30. The van der Waals surface area contributed by atoms with Crippen LogP contribution in [0.15, 0.2) is 24.3 Å². The van der Waals surface area contributed by atoms with Crippen LogP contribution < -0.4 is 5.73 Å². The molecule has 2 nitrogen and oxygen atoms in total. The lowest BCUT2D eigenvalue weighted by atomic mass is 9.94. The molecule has 2 atom stereocenters. The topological polar surface area (TPSA) is 35.2 Å². The summed E-state index contributed by atoms with van der Waals surface area (Å²) in [6.07, 6.45) is 2.26. The van der Waals surface area contributed by atoms with Crippen molar-refractivity contribution >= 4 is 0 Å². The maximum absolute atomic E-state index is 6.05. The molecule has 14 heavy (non-hydrogen) atoms. The van der Waals surface area contributed by atoms with Crippen LogP contribution in [-0.4, -0.2) is 12.6 Å². The van der Waals surface area contributed by atoms with Crippen molar-refractivity contribution in [3.8, 4) is 0 Å². The van der Waals surface area contributed by atoms with Gasteiger partial charge in [0, 0.05) is 12.6 Å². The van der Waals surface area contributed by atoms with E-state index in [1.54, 1.807) is 0 Å². The van der Waals surface area contributed by atoms with Crippen LogP contribution in [0.3, 0.4) is 0 Å². The first-order valence-corrected chi connectivity index (χ1v) is 5.22. The predicted octanol–water partition coefficient (Wildman–Crippen LogP) is 2.17. The Hall–Kier alpha value is -0.860. The van der Waals surface area contributed by atoms with Gasteiger partial charge in [0.2, 0.25) is 0 Å². The normalized spacial score (nSPS) is 27.6. The third-order valence-electron chi connectivity index (χ3n) is 2.86. The number of benzene rings is 1. The van der Waals surface area contributed by atoms with E-state index >= 15 is 0 Å². The van der Waals surface area contributed by atoms with Gasteiger partial charge in [0.15, 0.2) is 0 Å². The van der Waals surface area contributed by atoms with Crippen molar-refractivity contribution in [3.63, 3.8) is 0 Å².